The lowest BCUT2D eigenvalue weighted by Crippen LogP contribution is -2.61. The molecular weight excluding hydrogens is 338 g/mol. The summed E-state index contributed by atoms with van der Waals surface area (Å²) in [4.78, 5) is 17.6. The Morgan fingerprint density at radius 1 is 1.19 bits per heavy atom. The van der Waals surface area contributed by atoms with Gasteiger partial charge in [0.05, 0.1) is 19.1 Å². The van der Waals surface area contributed by atoms with Gasteiger partial charge in [0.1, 0.15) is 5.75 Å². The topological polar surface area (TPSA) is 44.8 Å². The molecule has 0 saturated carbocycles. The van der Waals surface area contributed by atoms with Gasteiger partial charge >= 0.3 is 0 Å². The van der Waals surface area contributed by atoms with E-state index in [4.69, 9.17) is 4.74 Å². The maximum Gasteiger partial charge on any atom is 0.225 e. The first-order chi connectivity index (χ1) is 13.2. The van der Waals surface area contributed by atoms with E-state index in [1.54, 1.807) is 7.11 Å². The molecule has 0 bridgehead atoms. The Bertz CT molecular complexity index is 823. The predicted molar refractivity (Wildman–Crippen MR) is 109 cm³/mol. The fourth-order valence-electron chi connectivity index (χ4n) is 4.40. The smallest absolute Gasteiger partial charge is 0.225 e. The summed E-state index contributed by atoms with van der Waals surface area (Å²) in [5, 5.41) is 3.05. The SMILES string of the molecule is CCNC(=O)[C@H]1Cc2ccccc2N2CCN(c3cccc(OC)c3)C[C@@H]12. The van der Waals surface area contributed by atoms with E-state index in [1.807, 2.05) is 19.1 Å². The summed E-state index contributed by atoms with van der Waals surface area (Å²) in [6.07, 6.45) is 0.801. The number of para-hydroxylation sites is 1. The zero-order valence-electron chi connectivity index (χ0n) is 16.0. The third-order valence-electron chi connectivity index (χ3n) is 5.73. The standard InChI is InChI=1S/C22H27N3O2/c1-3-23-22(26)19-13-16-7-4-5-10-20(16)25-12-11-24(15-21(19)25)17-8-6-9-18(14-17)27-2/h4-10,14,19,21H,3,11-13,15H2,1-2H3,(H,23,26)/t19-,21-/m0/s1. The molecule has 5 heteroatoms. The molecule has 2 heterocycles. The van der Waals surface area contributed by atoms with Crippen molar-refractivity contribution in [2.24, 2.45) is 5.92 Å². The number of hydrogen-bond acceptors (Lipinski definition) is 4. The van der Waals surface area contributed by atoms with Crippen LogP contribution in [0.4, 0.5) is 11.4 Å². The molecule has 0 radical (unpaired) electrons. The monoisotopic (exact) mass is 365 g/mol. The minimum absolute atomic E-state index is 0.0340. The highest BCUT2D eigenvalue weighted by atomic mass is 16.5. The summed E-state index contributed by atoms with van der Waals surface area (Å²) in [5.74, 6) is 0.993. The van der Waals surface area contributed by atoms with E-state index in [-0.39, 0.29) is 17.9 Å². The second-order valence-corrected chi connectivity index (χ2v) is 7.24. The molecule has 27 heavy (non-hydrogen) atoms. The molecule has 1 saturated heterocycles. The molecule has 1 amide bonds. The summed E-state index contributed by atoms with van der Waals surface area (Å²) in [7, 11) is 1.69. The average Bonchev–Trinajstić information content (AvgIpc) is 2.73. The molecule has 2 aromatic rings. The molecule has 2 atom stereocenters. The molecule has 0 spiro atoms. The number of nitrogens with zero attached hydrogens (tertiary/aromatic N) is 2. The molecule has 0 unspecified atom stereocenters. The number of benzene rings is 2. The highest BCUT2D eigenvalue weighted by Crippen LogP contribution is 2.37. The van der Waals surface area contributed by atoms with Crippen LogP contribution in [0.25, 0.3) is 0 Å². The van der Waals surface area contributed by atoms with Crippen LogP contribution in [0.5, 0.6) is 5.75 Å². The Hall–Kier alpha value is -2.69. The Morgan fingerprint density at radius 3 is 2.85 bits per heavy atom. The molecule has 1 fully saturated rings. The van der Waals surface area contributed by atoms with Crippen LogP contribution in [0.2, 0.25) is 0 Å². The second kappa shape index (κ2) is 7.51. The van der Waals surface area contributed by atoms with E-state index in [2.05, 4.69) is 51.5 Å². The van der Waals surface area contributed by atoms with Crippen molar-refractivity contribution in [3.05, 3.63) is 54.1 Å². The molecular formula is C22H27N3O2. The van der Waals surface area contributed by atoms with Gasteiger partial charge in [-0.25, -0.2) is 0 Å². The van der Waals surface area contributed by atoms with Crippen LogP contribution < -0.4 is 19.9 Å². The van der Waals surface area contributed by atoms with Crippen molar-refractivity contribution in [2.75, 3.05) is 43.1 Å². The first-order valence-corrected chi connectivity index (χ1v) is 9.72. The van der Waals surface area contributed by atoms with E-state index < -0.39 is 0 Å². The highest BCUT2D eigenvalue weighted by molar-refractivity contribution is 5.82. The van der Waals surface area contributed by atoms with Crippen molar-refractivity contribution < 1.29 is 9.53 Å². The van der Waals surface area contributed by atoms with Crippen LogP contribution in [-0.4, -0.2) is 45.2 Å². The largest absolute Gasteiger partial charge is 0.497 e. The maximum atomic E-state index is 12.8. The number of ether oxygens (including phenoxy) is 1. The van der Waals surface area contributed by atoms with E-state index >= 15 is 0 Å². The van der Waals surface area contributed by atoms with Gasteiger partial charge in [-0.05, 0) is 37.1 Å². The minimum atomic E-state index is -0.0340. The molecule has 2 aromatic carbocycles. The van der Waals surface area contributed by atoms with Gasteiger partial charge in [0.25, 0.3) is 0 Å². The fraction of sp³-hybridized carbons (Fsp3) is 0.409. The van der Waals surface area contributed by atoms with E-state index in [0.717, 1.165) is 37.5 Å². The van der Waals surface area contributed by atoms with Crippen molar-refractivity contribution in [1.29, 1.82) is 0 Å². The normalized spacial score (nSPS) is 21.3. The van der Waals surface area contributed by atoms with Crippen LogP contribution in [0, 0.1) is 5.92 Å². The predicted octanol–water partition coefficient (Wildman–Crippen LogP) is 2.70. The van der Waals surface area contributed by atoms with Crippen molar-refractivity contribution >= 4 is 17.3 Å². The molecule has 142 valence electrons. The van der Waals surface area contributed by atoms with Crippen molar-refractivity contribution in [3.63, 3.8) is 0 Å². The number of piperazine rings is 1. The Morgan fingerprint density at radius 2 is 2.04 bits per heavy atom. The zero-order chi connectivity index (χ0) is 18.8. The van der Waals surface area contributed by atoms with Gasteiger partial charge in [-0.2, -0.15) is 0 Å². The first kappa shape index (κ1) is 17.7. The zero-order valence-corrected chi connectivity index (χ0v) is 16.0. The number of carbonyl (C=O) groups excluding carboxylic acids is 1. The summed E-state index contributed by atoms with van der Waals surface area (Å²) < 4.78 is 5.39. The quantitative estimate of drug-likeness (QED) is 0.905. The van der Waals surface area contributed by atoms with Gasteiger partial charge in [0.15, 0.2) is 0 Å². The summed E-state index contributed by atoms with van der Waals surface area (Å²) in [6.45, 7) is 5.33. The van der Waals surface area contributed by atoms with Crippen molar-refractivity contribution in [3.8, 4) is 5.75 Å². The van der Waals surface area contributed by atoms with Crippen LogP contribution >= 0.6 is 0 Å². The van der Waals surface area contributed by atoms with Crippen molar-refractivity contribution in [1.82, 2.24) is 5.32 Å². The van der Waals surface area contributed by atoms with Gasteiger partial charge in [-0.3, -0.25) is 4.79 Å². The minimum Gasteiger partial charge on any atom is -0.497 e. The molecule has 0 aromatic heterocycles. The number of hydrogen-bond donors (Lipinski definition) is 1. The van der Waals surface area contributed by atoms with Gasteiger partial charge in [-0.1, -0.05) is 24.3 Å². The van der Waals surface area contributed by atoms with Gasteiger partial charge in [0.2, 0.25) is 5.91 Å². The molecule has 2 aliphatic rings. The number of carbonyl (C=O) groups is 1. The summed E-state index contributed by atoms with van der Waals surface area (Å²) in [6, 6.07) is 16.9. The Balaban J connectivity index is 1.64. The maximum absolute atomic E-state index is 12.8. The van der Waals surface area contributed by atoms with E-state index in [9.17, 15) is 4.79 Å². The van der Waals surface area contributed by atoms with Gasteiger partial charge in [-0.15, -0.1) is 0 Å². The molecule has 1 N–H and O–H groups in total. The summed E-state index contributed by atoms with van der Waals surface area (Å²) in [5.41, 5.74) is 3.72. The number of anilines is 2. The third kappa shape index (κ3) is 3.34. The van der Waals surface area contributed by atoms with Crippen molar-refractivity contribution in [2.45, 2.75) is 19.4 Å². The van der Waals surface area contributed by atoms with E-state index in [0.29, 0.717) is 6.54 Å². The van der Waals surface area contributed by atoms with Crippen LogP contribution in [-0.2, 0) is 11.2 Å². The lowest BCUT2D eigenvalue weighted by atomic mass is 9.83. The molecule has 0 aliphatic carbocycles. The highest BCUT2D eigenvalue weighted by Gasteiger charge is 2.41. The van der Waals surface area contributed by atoms with Gasteiger partial charge in [0, 0.05) is 43.6 Å². The Kier molecular flexibility index (Phi) is 4.92. The van der Waals surface area contributed by atoms with E-state index in [1.165, 1.54) is 11.3 Å². The lowest BCUT2D eigenvalue weighted by molar-refractivity contribution is -0.125. The fourth-order valence-corrected chi connectivity index (χ4v) is 4.40. The van der Waals surface area contributed by atoms with Crippen LogP contribution in [0.1, 0.15) is 12.5 Å². The molecule has 2 aliphatic heterocycles. The van der Waals surface area contributed by atoms with Gasteiger partial charge < -0.3 is 19.9 Å². The number of rotatable bonds is 4. The summed E-state index contributed by atoms with van der Waals surface area (Å²) >= 11 is 0. The second-order valence-electron chi connectivity index (χ2n) is 7.24. The molecule has 5 nitrogen and oxygen atoms in total. The van der Waals surface area contributed by atoms with Crippen LogP contribution in [0.15, 0.2) is 48.5 Å². The lowest BCUT2D eigenvalue weighted by Gasteiger charge is -2.49. The number of amides is 1. The van der Waals surface area contributed by atoms with Crippen LogP contribution in [0.3, 0.4) is 0 Å². The first-order valence-electron chi connectivity index (χ1n) is 9.72. The third-order valence-corrected chi connectivity index (χ3v) is 5.73. The number of fused-ring (bicyclic) bond motifs is 3. The number of nitrogens with one attached hydrogen (secondary N) is 1. The number of methoxy groups -OCH3 is 1. The molecule has 4 rings (SSSR count). The average molecular weight is 365 g/mol. The Labute approximate surface area is 160 Å².